The third-order valence-electron chi connectivity index (χ3n) is 10.4. The zero-order chi connectivity index (χ0) is 31.4. The Morgan fingerprint density at radius 2 is 0.978 bits per heavy atom. The predicted octanol–water partition coefficient (Wildman–Crippen LogP) is 6.88. The molecule has 46 heavy (non-hydrogen) atoms. The molecule has 4 atom stereocenters. The van der Waals surface area contributed by atoms with Crippen LogP contribution in [0.4, 0.5) is 11.4 Å². The van der Waals surface area contributed by atoms with Gasteiger partial charge in [-0.1, -0.05) is 115 Å². The first-order valence-electron chi connectivity index (χ1n) is 15.2. The van der Waals surface area contributed by atoms with E-state index in [1.165, 1.54) is 24.3 Å². The van der Waals surface area contributed by atoms with E-state index in [9.17, 15) is 19.7 Å². The van der Waals surface area contributed by atoms with Gasteiger partial charge in [0.1, 0.15) is 0 Å². The maximum Gasteiger partial charge on any atom is 0.271 e. The molecule has 3 aliphatic rings. The second kappa shape index (κ2) is 9.05. The molecule has 7 nitrogen and oxygen atoms in total. The van der Waals surface area contributed by atoms with Crippen LogP contribution in [0.25, 0.3) is 21.5 Å². The van der Waals surface area contributed by atoms with Crippen LogP contribution in [0.1, 0.15) is 22.3 Å². The molecule has 0 radical (unpaired) electrons. The molecule has 1 aliphatic heterocycles. The van der Waals surface area contributed by atoms with Crippen molar-refractivity contribution in [1.29, 1.82) is 0 Å². The number of Topliss-reactive ketones (excluding diaryl/α,β-unsaturated/α-hetero) is 1. The number of fused-ring (bicyclic) bond motifs is 13. The molecule has 6 aromatic carbocycles. The first-order chi connectivity index (χ1) is 22.4. The minimum Gasteiger partial charge on any atom is -0.297 e. The molecule has 2 aliphatic carbocycles. The van der Waals surface area contributed by atoms with Gasteiger partial charge in [-0.15, -0.1) is 0 Å². The molecule has 0 aromatic heterocycles. The van der Waals surface area contributed by atoms with E-state index in [2.05, 4.69) is 0 Å². The summed E-state index contributed by atoms with van der Waals surface area (Å²) in [7, 11) is 0. The summed E-state index contributed by atoms with van der Waals surface area (Å²) in [5.41, 5.74) is -0.301. The number of benzene rings is 6. The lowest BCUT2D eigenvalue weighted by molar-refractivity contribution is -0.384. The molecule has 2 unspecified atom stereocenters. The Labute approximate surface area is 262 Å². The maximum absolute atomic E-state index is 15.8. The van der Waals surface area contributed by atoms with Crippen molar-refractivity contribution in [1.82, 2.24) is 0 Å². The largest absolute Gasteiger partial charge is 0.297 e. The number of rotatable bonds is 4. The van der Waals surface area contributed by atoms with Crippen LogP contribution in [0.15, 0.2) is 133 Å². The van der Waals surface area contributed by atoms with Crippen LogP contribution in [0, 0.1) is 22.0 Å². The summed E-state index contributed by atoms with van der Waals surface area (Å²) in [6.07, 6.45) is 0. The number of anilines is 1. The fraction of sp³-hybridized carbons (Fsp3) is 0.103. The van der Waals surface area contributed by atoms with Gasteiger partial charge in [0.25, 0.3) is 5.69 Å². The molecule has 9 rings (SSSR count). The number of amides is 2. The summed E-state index contributed by atoms with van der Waals surface area (Å²) in [5, 5.41) is 15.4. The topological polar surface area (TPSA) is 97.6 Å². The van der Waals surface area contributed by atoms with Crippen LogP contribution in [0.2, 0.25) is 0 Å². The average molecular weight is 601 g/mol. The smallest absolute Gasteiger partial charge is 0.271 e. The lowest BCUT2D eigenvalue weighted by Gasteiger charge is -2.38. The van der Waals surface area contributed by atoms with Gasteiger partial charge in [0.2, 0.25) is 11.8 Å². The van der Waals surface area contributed by atoms with E-state index in [0.717, 1.165) is 37.6 Å². The van der Waals surface area contributed by atoms with Crippen molar-refractivity contribution in [2.75, 3.05) is 4.90 Å². The second-order valence-electron chi connectivity index (χ2n) is 12.3. The number of carbonyl (C=O) groups is 3. The van der Waals surface area contributed by atoms with E-state index in [1.807, 2.05) is 109 Å². The number of carbonyl (C=O) groups excluding carboxylic acids is 3. The molecule has 220 valence electrons. The minimum atomic E-state index is -1.50. The molecular weight excluding hydrogens is 576 g/mol. The van der Waals surface area contributed by atoms with Gasteiger partial charge in [0, 0.05) is 12.1 Å². The number of imide groups is 1. The number of hydrogen-bond acceptors (Lipinski definition) is 5. The van der Waals surface area contributed by atoms with Gasteiger partial charge < -0.3 is 0 Å². The van der Waals surface area contributed by atoms with Gasteiger partial charge in [-0.3, -0.25) is 24.5 Å². The molecule has 1 saturated heterocycles. The number of ketones is 1. The van der Waals surface area contributed by atoms with Gasteiger partial charge in [-0.05, 0) is 49.9 Å². The van der Waals surface area contributed by atoms with E-state index in [-0.39, 0.29) is 17.2 Å². The molecule has 0 spiro atoms. The second-order valence-corrected chi connectivity index (χ2v) is 12.3. The quantitative estimate of drug-likeness (QED) is 0.0952. The normalized spacial score (nSPS) is 24.5. The standard InChI is InChI=1S/C39H24N2O5/c42-35-33-34(36(43)40(35)25-16-11-17-26(22-25)41(45)46)39(24-14-5-2-6-15-24)32-30-21-10-8-19-28(30)27-18-7-9-20-29(27)31(32)38(33,37(39)44)23-12-3-1-4-13-23/h1-22,33-34H/t33?,34?,38-,39+. The molecule has 0 N–H and O–H groups in total. The predicted molar refractivity (Wildman–Crippen MR) is 173 cm³/mol. The fourth-order valence-corrected chi connectivity index (χ4v) is 8.95. The number of nitro benzene ring substituents is 1. The molecule has 1 saturated carbocycles. The Morgan fingerprint density at radius 3 is 1.43 bits per heavy atom. The Bertz CT molecular complexity index is 2200. The highest BCUT2D eigenvalue weighted by Crippen LogP contribution is 2.72. The van der Waals surface area contributed by atoms with Gasteiger partial charge in [-0.2, -0.15) is 0 Å². The van der Waals surface area contributed by atoms with Crippen LogP contribution in [-0.4, -0.2) is 22.5 Å². The highest BCUT2D eigenvalue weighted by atomic mass is 16.6. The highest BCUT2D eigenvalue weighted by Gasteiger charge is 2.82. The lowest BCUT2D eigenvalue weighted by atomic mass is 9.59. The van der Waals surface area contributed by atoms with Crippen molar-refractivity contribution in [3.63, 3.8) is 0 Å². The molecule has 2 amide bonds. The van der Waals surface area contributed by atoms with Gasteiger partial charge in [0.15, 0.2) is 5.78 Å². The summed E-state index contributed by atoms with van der Waals surface area (Å²) < 4.78 is 0. The third-order valence-corrected chi connectivity index (χ3v) is 10.4. The Balaban J connectivity index is 1.48. The van der Waals surface area contributed by atoms with E-state index in [1.54, 1.807) is 0 Å². The molecular formula is C39H24N2O5. The van der Waals surface area contributed by atoms with Gasteiger partial charge in [-0.25, -0.2) is 4.90 Å². The number of nitro groups is 1. The Morgan fingerprint density at radius 1 is 0.543 bits per heavy atom. The van der Waals surface area contributed by atoms with E-state index < -0.39 is 39.4 Å². The fourth-order valence-electron chi connectivity index (χ4n) is 8.95. The number of non-ortho nitro benzene ring substituents is 1. The number of hydrogen-bond donors (Lipinski definition) is 0. The van der Waals surface area contributed by atoms with E-state index in [4.69, 9.17) is 0 Å². The Hall–Kier alpha value is -5.95. The number of nitrogens with zero attached hydrogens (tertiary/aromatic N) is 2. The first kappa shape index (κ1) is 26.5. The summed E-state index contributed by atoms with van der Waals surface area (Å²) in [4.78, 5) is 58.0. The van der Waals surface area contributed by atoms with Gasteiger partial charge >= 0.3 is 0 Å². The molecule has 6 aromatic rings. The lowest BCUT2D eigenvalue weighted by Crippen LogP contribution is -2.45. The summed E-state index contributed by atoms with van der Waals surface area (Å²) in [6, 6.07) is 40.2. The third kappa shape index (κ3) is 2.91. The van der Waals surface area contributed by atoms with Crippen molar-refractivity contribution in [3.8, 4) is 0 Å². The van der Waals surface area contributed by atoms with Crippen molar-refractivity contribution in [2.45, 2.75) is 10.8 Å². The van der Waals surface area contributed by atoms with Crippen molar-refractivity contribution >= 4 is 50.5 Å². The monoisotopic (exact) mass is 600 g/mol. The van der Waals surface area contributed by atoms with Crippen LogP contribution < -0.4 is 4.90 Å². The SMILES string of the molecule is O=C1C2C(C(=O)N1c1cccc([N+](=O)[O-])c1)[C@@]1(c3ccccc3)C(=O)[C@]2(c2ccccc2)c2c1c1ccccc1c1ccccc21. The zero-order valence-corrected chi connectivity index (χ0v) is 24.3. The van der Waals surface area contributed by atoms with Crippen LogP contribution in [-0.2, 0) is 25.2 Å². The van der Waals surface area contributed by atoms with Crippen LogP contribution in [0.3, 0.4) is 0 Å². The Kier molecular flexibility index (Phi) is 5.20. The van der Waals surface area contributed by atoms with Crippen molar-refractivity contribution in [3.05, 3.63) is 166 Å². The molecule has 2 fully saturated rings. The van der Waals surface area contributed by atoms with E-state index in [0.29, 0.717) is 11.1 Å². The van der Waals surface area contributed by atoms with Gasteiger partial charge in [0.05, 0.1) is 33.3 Å². The first-order valence-corrected chi connectivity index (χ1v) is 15.2. The summed E-state index contributed by atoms with van der Waals surface area (Å²) in [6.45, 7) is 0. The molecule has 1 heterocycles. The highest BCUT2D eigenvalue weighted by molar-refractivity contribution is 6.34. The average Bonchev–Trinajstić information content (AvgIpc) is 3.61. The summed E-state index contributed by atoms with van der Waals surface area (Å²) >= 11 is 0. The van der Waals surface area contributed by atoms with E-state index >= 15 is 4.79 Å². The maximum atomic E-state index is 15.8. The minimum absolute atomic E-state index is 0.121. The molecule has 2 bridgehead atoms. The zero-order valence-electron chi connectivity index (χ0n) is 24.3. The van der Waals surface area contributed by atoms with Crippen molar-refractivity contribution in [2.24, 2.45) is 11.8 Å². The molecule has 7 heteroatoms. The van der Waals surface area contributed by atoms with Crippen LogP contribution >= 0.6 is 0 Å². The van der Waals surface area contributed by atoms with Crippen LogP contribution in [0.5, 0.6) is 0 Å². The summed E-state index contributed by atoms with van der Waals surface area (Å²) in [5.74, 6) is -3.41. The van der Waals surface area contributed by atoms with Crippen molar-refractivity contribution < 1.29 is 19.3 Å².